The van der Waals surface area contributed by atoms with E-state index >= 15 is 0 Å². The number of ether oxygens (including phenoxy) is 1. The van der Waals surface area contributed by atoms with Crippen molar-refractivity contribution < 1.29 is 4.74 Å². The number of hydrogen-bond acceptors (Lipinski definition) is 2. The molecule has 0 aliphatic carbocycles. The largest absolute Gasteiger partial charge is 0.496 e. The summed E-state index contributed by atoms with van der Waals surface area (Å²) < 4.78 is 5.49. The third-order valence-electron chi connectivity index (χ3n) is 3.45. The predicted molar refractivity (Wildman–Crippen MR) is 62.6 cm³/mol. The fraction of sp³-hybridized carbons (Fsp3) is 0.538. The minimum Gasteiger partial charge on any atom is -0.496 e. The zero-order valence-corrected chi connectivity index (χ0v) is 9.98. The van der Waals surface area contributed by atoms with Crippen molar-refractivity contribution in [3.8, 4) is 5.75 Å². The lowest BCUT2D eigenvalue weighted by molar-refractivity contribution is 0.399. The molecule has 1 aromatic rings. The minimum absolute atomic E-state index is 0.544. The van der Waals surface area contributed by atoms with Crippen LogP contribution in [0.5, 0.6) is 5.75 Å². The Hall–Kier alpha value is -1.02. The van der Waals surface area contributed by atoms with Crippen LogP contribution in [0.3, 0.4) is 0 Å². The highest BCUT2D eigenvalue weighted by atomic mass is 16.5. The Kier molecular flexibility index (Phi) is 2.70. The summed E-state index contributed by atoms with van der Waals surface area (Å²) in [5.41, 5.74) is 5.57. The van der Waals surface area contributed by atoms with Gasteiger partial charge in [0.2, 0.25) is 0 Å². The molecule has 1 aliphatic heterocycles. The summed E-state index contributed by atoms with van der Waals surface area (Å²) in [7, 11) is 1.76. The highest BCUT2D eigenvalue weighted by molar-refractivity contribution is 5.51. The van der Waals surface area contributed by atoms with Crippen LogP contribution in [0.15, 0.2) is 6.07 Å². The molecule has 0 saturated carbocycles. The minimum atomic E-state index is 0.544. The van der Waals surface area contributed by atoms with Crippen LogP contribution in [0, 0.1) is 13.8 Å². The van der Waals surface area contributed by atoms with E-state index < -0.39 is 0 Å². The summed E-state index contributed by atoms with van der Waals surface area (Å²) in [6.45, 7) is 8.63. The maximum absolute atomic E-state index is 5.49. The van der Waals surface area contributed by atoms with Gasteiger partial charge in [-0.15, -0.1) is 0 Å². The van der Waals surface area contributed by atoms with Crippen LogP contribution in [0.1, 0.15) is 35.1 Å². The second-order valence-corrected chi connectivity index (χ2v) is 4.44. The van der Waals surface area contributed by atoms with Gasteiger partial charge in [0.25, 0.3) is 0 Å². The first-order chi connectivity index (χ1) is 7.15. The normalized spacial score (nSPS) is 19.9. The van der Waals surface area contributed by atoms with Gasteiger partial charge in [-0.3, -0.25) is 0 Å². The van der Waals surface area contributed by atoms with Gasteiger partial charge in [0.05, 0.1) is 7.11 Å². The van der Waals surface area contributed by atoms with Gasteiger partial charge in [-0.2, -0.15) is 0 Å². The molecule has 1 aliphatic rings. The van der Waals surface area contributed by atoms with Crippen molar-refractivity contribution in [2.24, 2.45) is 0 Å². The zero-order chi connectivity index (χ0) is 11.0. The van der Waals surface area contributed by atoms with E-state index in [0.29, 0.717) is 5.92 Å². The van der Waals surface area contributed by atoms with Crippen molar-refractivity contribution in [2.75, 3.05) is 13.7 Å². The van der Waals surface area contributed by atoms with Gasteiger partial charge < -0.3 is 10.1 Å². The monoisotopic (exact) mass is 205 g/mol. The number of fused-ring (bicyclic) bond motifs is 1. The first-order valence-electron chi connectivity index (χ1n) is 5.52. The number of hydrogen-bond donors (Lipinski definition) is 1. The van der Waals surface area contributed by atoms with Gasteiger partial charge in [-0.25, -0.2) is 0 Å². The zero-order valence-electron chi connectivity index (χ0n) is 9.98. The Morgan fingerprint density at radius 1 is 1.40 bits per heavy atom. The summed E-state index contributed by atoms with van der Waals surface area (Å²) in [4.78, 5) is 0. The maximum atomic E-state index is 5.49. The van der Waals surface area contributed by atoms with Crippen molar-refractivity contribution in [3.05, 3.63) is 28.3 Å². The van der Waals surface area contributed by atoms with Gasteiger partial charge in [0.1, 0.15) is 5.75 Å². The van der Waals surface area contributed by atoms with E-state index in [2.05, 4.69) is 32.2 Å². The Morgan fingerprint density at radius 2 is 2.13 bits per heavy atom. The average Bonchev–Trinajstić information content (AvgIpc) is 2.23. The third kappa shape index (κ3) is 1.63. The van der Waals surface area contributed by atoms with E-state index in [1.807, 2.05) is 0 Å². The van der Waals surface area contributed by atoms with Crippen LogP contribution in [0.25, 0.3) is 0 Å². The lowest BCUT2D eigenvalue weighted by Crippen LogP contribution is -2.28. The number of methoxy groups -OCH3 is 1. The molecule has 1 aromatic carbocycles. The molecule has 1 unspecified atom stereocenters. The van der Waals surface area contributed by atoms with Gasteiger partial charge in [-0.1, -0.05) is 6.92 Å². The van der Waals surface area contributed by atoms with Gasteiger partial charge >= 0.3 is 0 Å². The molecule has 0 fully saturated rings. The second kappa shape index (κ2) is 3.86. The highest BCUT2D eigenvalue weighted by Crippen LogP contribution is 2.35. The molecule has 2 nitrogen and oxygen atoms in total. The van der Waals surface area contributed by atoms with Crippen molar-refractivity contribution >= 4 is 0 Å². The molecule has 2 heteroatoms. The fourth-order valence-corrected chi connectivity index (χ4v) is 2.42. The van der Waals surface area contributed by atoms with Crippen LogP contribution < -0.4 is 10.1 Å². The summed E-state index contributed by atoms with van der Waals surface area (Å²) in [5.74, 6) is 1.60. The van der Waals surface area contributed by atoms with Gasteiger partial charge in [0, 0.05) is 18.7 Å². The van der Waals surface area contributed by atoms with Crippen LogP contribution >= 0.6 is 0 Å². The Labute approximate surface area is 91.6 Å². The summed E-state index contributed by atoms with van der Waals surface area (Å²) in [6, 6.07) is 2.16. The molecule has 0 amide bonds. The molecular formula is C13H19NO. The Bertz CT molecular complexity index is 385. The summed E-state index contributed by atoms with van der Waals surface area (Å²) >= 11 is 0. The van der Waals surface area contributed by atoms with Crippen molar-refractivity contribution in [1.82, 2.24) is 5.32 Å². The lowest BCUT2D eigenvalue weighted by atomic mass is 9.87. The van der Waals surface area contributed by atoms with E-state index in [-0.39, 0.29) is 0 Å². The molecule has 2 rings (SSSR count). The average molecular weight is 205 g/mol. The molecule has 1 N–H and O–H groups in total. The predicted octanol–water partition coefficient (Wildman–Crippen LogP) is 2.52. The maximum Gasteiger partial charge on any atom is 0.122 e. The number of nitrogens with one attached hydrogen (secondary N) is 1. The van der Waals surface area contributed by atoms with E-state index in [0.717, 1.165) is 18.8 Å². The number of aryl methyl sites for hydroxylation is 1. The number of benzene rings is 1. The number of rotatable bonds is 1. The third-order valence-corrected chi connectivity index (χ3v) is 3.45. The van der Waals surface area contributed by atoms with Gasteiger partial charge in [0.15, 0.2) is 0 Å². The van der Waals surface area contributed by atoms with E-state index in [4.69, 9.17) is 4.74 Å². The molecule has 15 heavy (non-hydrogen) atoms. The molecule has 1 atom stereocenters. The van der Waals surface area contributed by atoms with Crippen molar-refractivity contribution in [1.29, 1.82) is 0 Å². The lowest BCUT2D eigenvalue weighted by Gasteiger charge is -2.28. The fourth-order valence-electron chi connectivity index (χ4n) is 2.42. The molecule has 0 bridgehead atoms. The Morgan fingerprint density at radius 3 is 2.80 bits per heavy atom. The molecule has 1 heterocycles. The smallest absolute Gasteiger partial charge is 0.122 e. The summed E-state index contributed by atoms with van der Waals surface area (Å²) in [5, 5.41) is 3.45. The van der Waals surface area contributed by atoms with Crippen LogP contribution in [0.2, 0.25) is 0 Å². The van der Waals surface area contributed by atoms with E-state index in [9.17, 15) is 0 Å². The van der Waals surface area contributed by atoms with Crippen LogP contribution in [0.4, 0.5) is 0 Å². The van der Waals surface area contributed by atoms with Crippen molar-refractivity contribution in [2.45, 2.75) is 33.2 Å². The topological polar surface area (TPSA) is 21.3 Å². The second-order valence-electron chi connectivity index (χ2n) is 4.44. The molecule has 0 spiro atoms. The van der Waals surface area contributed by atoms with E-state index in [1.165, 1.54) is 22.3 Å². The first kappa shape index (κ1) is 10.5. The van der Waals surface area contributed by atoms with E-state index in [1.54, 1.807) is 7.11 Å². The standard InChI is InChI=1S/C13H19NO/c1-8-5-12(15-4)13-9(2)6-14-7-11(13)10(8)3/h5,9,14H,6-7H2,1-4H3. The highest BCUT2D eigenvalue weighted by Gasteiger charge is 2.22. The van der Waals surface area contributed by atoms with Crippen LogP contribution in [-0.2, 0) is 6.54 Å². The molecule has 82 valence electrons. The van der Waals surface area contributed by atoms with Crippen LogP contribution in [-0.4, -0.2) is 13.7 Å². The SMILES string of the molecule is COc1cc(C)c(C)c2c1C(C)CNC2. The van der Waals surface area contributed by atoms with Crippen molar-refractivity contribution in [3.63, 3.8) is 0 Å². The molecule has 0 radical (unpaired) electrons. The quantitative estimate of drug-likeness (QED) is 0.760. The summed E-state index contributed by atoms with van der Waals surface area (Å²) in [6.07, 6.45) is 0. The van der Waals surface area contributed by atoms with Gasteiger partial charge in [-0.05, 0) is 42.5 Å². The molecule has 0 aromatic heterocycles. The molecular weight excluding hydrogens is 186 g/mol. The Balaban J connectivity index is 2.65. The first-order valence-corrected chi connectivity index (χ1v) is 5.52. The molecule has 0 saturated heterocycles.